The summed E-state index contributed by atoms with van der Waals surface area (Å²) in [6.07, 6.45) is 3.00. The van der Waals surface area contributed by atoms with Gasteiger partial charge in [-0.3, -0.25) is 10.1 Å². The van der Waals surface area contributed by atoms with Crippen LogP contribution < -0.4 is 10.2 Å². The first-order valence-electron chi connectivity index (χ1n) is 6.89. The maximum Gasteiger partial charge on any atom is 0.323 e. The van der Waals surface area contributed by atoms with Gasteiger partial charge in [0.1, 0.15) is 5.82 Å². The average Bonchev–Trinajstić information content (AvgIpc) is 2.48. The summed E-state index contributed by atoms with van der Waals surface area (Å²) in [6.45, 7) is 0.822. The third kappa shape index (κ3) is 3.84. The molecule has 1 aliphatic heterocycles. The Balaban J connectivity index is 1.96. The number of anilines is 2. The molecule has 21 heavy (non-hydrogen) atoms. The summed E-state index contributed by atoms with van der Waals surface area (Å²) >= 11 is 0. The van der Waals surface area contributed by atoms with Crippen LogP contribution in [0.5, 0.6) is 0 Å². The van der Waals surface area contributed by atoms with Gasteiger partial charge in [-0.25, -0.2) is 9.78 Å². The van der Waals surface area contributed by atoms with E-state index in [1.54, 1.807) is 12.3 Å². The fraction of sp³-hybridized carbons (Fsp3) is 0.500. The van der Waals surface area contributed by atoms with E-state index in [1.165, 1.54) is 4.90 Å². The minimum Gasteiger partial charge on any atom is -0.481 e. The number of carboxylic acid groups (broad SMARTS) is 1. The molecule has 2 N–H and O–H groups in total. The Hall–Kier alpha value is -2.31. The van der Waals surface area contributed by atoms with Gasteiger partial charge in [0.05, 0.1) is 17.8 Å². The smallest absolute Gasteiger partial charge is 0.323 e. The second-order valence-corrected chi connectivity index (χ2v) is 5.35. The van der Waals surface area contributed by atoms with Crippen molar-refractivity contribution in [2.75, 3.05) is 37.4 Å². The lowest BCUT2D eigenvalue weighted by Crippen LogP contribution is -2.44. The number of likely N-dealkylation sites (tertiary alicyclic amines) is 1. The van der Waals surface area contributed by atoms with E-state index in [0.29, 0.717) is 25.2 Å². The number of hydrogen-bond donors (Lipinski definition) is 2. The van der Waals surface area contributed by atoms with E-state index in [0.717, 1.165) is 5.69 Å². The monoisotopic (exact) mass is 292 g/mol. The molecular weight excluding hydrogens is 272 g/mol. The second-order valence-electron chi connectivity index (χ2n) is 5.35. The number of urea groups is 1. The first-order valence-corrected chi connectivity index (χ1v) is 6.89. The zero-order chi connectivity index (χ0) is 15.4. The summed E-state index contributed by atoms with van der Waals surface area (Å²) in [4.78, 5) is 30.8. The fourth-order valence-electron chi connectivity index (χ4n) is 2.28. The number of amides is 2. The summed E-state index contributed by atoms with van der Waals surface area (Å²) in [6, 6.07) is 3.29. The first-order chi connectivity index (χ1) is 9.97. The summed E-state index contributed by atoms with van der Waals surface area (Å²) < 4.78 is 0. The van der Waals surface area contributed by atoms with E-state index in [9.17, 15) is 9.59 Å². The largest absolute Gasteiger partial charge is 0.481 e. The van der Waals surface area contributed by atoms with Gasteiger partial charge in [0, 0.05) is 27.2 Å². The standard InChI is InChI=1S/C14H20N4O3/c1-17(2)11-5-6-12(15-8-11)16-14(21)18-7-3-4-10(9-18)13(19)20/h5-6,8,10H,3-4,7,9H2,1-2H3,(H,19,20)(H,15,16,21). The number of carboxylic acids is 1. The van der Waals surface area contributed by atoms with Crippen molar-refractivity contribution in [3.63, 3.8) is 0 Å². The van der Waals surface area contributed by atoms with Crippen molar-refractivity contribution in [2.45, 2.75) is 12.8 Å². The van der Waals surface area contributed by atoms with Crippen molar-refractivity contribution in [3.05, 3.63) is 18.3 Å². The number of carbonyl (C=O) groups excluding carboxylic acids is 1. The van der Waals surface area contributed by atoms with Crippen molar-refractivity contribution < 1.29 is 14.7 Å². The van der Waals surface area contributed by atoms with E-state index in [1.807, 2.05) is 25.1 Å². The van der Waals surface area contributed by atoms with Gasteiger partial charge < -0.3 is 14.9 Å². The second kappa shape index (κ2) is 6.43. The predicted octanol–water partition coefficient (Wildman–Crippen LogP) is 1.48. The molecule has 1 unspecified atom stereocenters. The third-order valence-corrected chi connectivity index (χ3v) is 3.56. The highest BCUT2D eigenvalue weighted by atomic mass is 16.4. The minimum absolute atomic E-state index is 0.247. The van der Waals surface area contributed by atoms with Crippen LogP contribution in [-0.2, 0) is 4.79 Å². The van der Waals surface area contributed by atoms with Crippen molar-refractivity contribution in [2.24, 2.45) is 5.92 Å². The van der Waals surface area contributed by atoms with E-state index in [4.69, 9.17) is 5.11 Å². The number of pyridine rings is 1. The van der Waals surface area contributed by atoms with Gasteiger partial charge in [0.2, 0.25) is 0 Å². The fourth-order valence-corrected chi connectivity index (χ4v) is 2.28. The van der Waals surface area contributed by atoms with E-state index >= 15 is 0 Å². The van der Waals surface area contributed by atoms with Crippen LogP contribution in [0.3, 0.4) is 0 Å². The molecule has 1 aromatic rings. The van der Waals surface area contributed by atoms with Gasteiger partial charge in [-0.05, 0) is 25.0 Å². The zero-order valence-corrected chi connectivity index (χ0v) is 12.2. The van der Waals surface area contributed by atoms with Crippen LogP contribution in [-0.4, -0.2) is 54.2 Å². The van der Waals surface area contributed by atoms with E-state index in [-0.39, 0.29) is 12.6 Å². The Bertz CT molecular complexity index is 515. The first kappa shape index (κ1) is 15.1. The molecular formula is C14H20N4O3. The Morgan fingerprint density at radius 3 is 2.76 bits per heavy atom. The van der Waals surface area contributed by atoms with Crippen LogP contribution in [0.25, 0.3) is 0 Å². The Morgan fingerprint density at radius 2 is 2.19 bits per heavy atom. The number of aliphatic carboxylic acids is 1. The lowest BCUT2D eigenvalue weighted by atomic mass is 9.99. The molecule has 1 aliphatic rings. The topological polar surface area (TPSA) is 85.8 Å². The molecule has 1 saturated heterocycles. The summed E-state index contributed by atoms with van der Waals surface area (Å²) in [7, 11) is 3.82. The van der Waals surface area contributed by atoms with Crippen LogP contribution in [0.1, 0.15) is 12.8 Å². The number of nitrogens with one attached hydrogen (secondary N) is 1. The Kier molecular flexibility index (Phi) is 4.62. The Labute approximate surface area is 123 Å². The van der Waals surface area contributed by atoms with Gasteiger partial charge in [-0.1, -0.05) is 0 Å². The number of aromatic nitrogens is 1. The van der Waals surface area contributed by atoms with Crippen LogP contribution in [0.4, 0.5) is 16.3 Å². The quantitative estimate of drug-likeness (QED) is 0.881. The molecule has 114 valence electrons. The summed E-state index contributed by atoms with van der Waals surface area (Å²) in [5.41, 5.74) is 0.942. The molecule has 2 rings (SSSR count). The highest BCUT2D eigenvalue weighted by molar-refractivity contribution is 5.88. The molecule has 0 bridgehead atoms. The molecule has 2 amide bonds. The average molecular weight is 292 g/mol. The van der Waals surface area contributed by atoms with Gasteiger partial charge in [0.15, 0.2) is 0 Å². The molecule has 1 fully saturated rings. The van der Waals surface area contributed by atoms with Gasteiger partial charge in [-0.2, -0.15) is 0 Å². The van der Waals surface area contributed by atoms with Gasteiger partial charge in [0.25, 0.3) is 0 Å². The van der Waals surface area contributed by atoms with Crippen molar-refractivity contribution in [3.8, 4) is 0 Å². The maximum atomic E-state index is 12.1. The number of nitrogens with zero attached hydrogens (tertiary/aromatic N) is 3. The minimum atomic E-state index is -0.846. The molecule has 0 saturated carbocycles. The molecule has 0 radical (unpaired) electrons. The number of rotatable bonds is 3. The highest BCUT2D eigenvalue weighted by Gasteiger charge is 2.28. The van der Waals surface area contributed by atoms with Crippen molar-refractivity contribution in [1.82, 2.24) is 9.88 Å². The molecule has 7 nitrogen and oxygen atoms in total. The summed E-state index contributed by atoms with van der Waals surface area (Å²) in [5.74, 6) is -0.863. The number of hydrogen-bond acceptors (Lipinski definition) is 4. The molecule has 7 heteroatoms. The van der Waals surface area contributed by atoms with Crippen LogP contribution in [0.15, 0.2) is 18.3 Å². The molecule has 1 atom stereocenters. The normalized spacial score (nSPS) is 18.2. The van der Waals surface area contributed by atoms with Crippen LogP contribution >= 0.6 is 0 Å². The number of piperidine rings is 1. The van der Waals surface area contributed by atoms with E-state index in [2.05, 4.69) is 10.3 Å². The SMILES string of the molecule is CN(C)c1ccc(NC(=O)N2CCCC(C(=O)O)C2)nc1. The van der Waals surface area contributed by atoms with Crippen molar-refractivity contribution >= 4 is 23.5 Å². The van der Waals surface area contributed by atoms with Gasteiger partial charge in [-0.15, -0.1) is 0 Å². The molecule has 1 aromatic heterocycles. The Morgan fingerprint density at radius 1 is 1.43 bits per heavy atom. The van der Waals surface area contributed by atoms with Gasteiger partial charge >= 0.3 is 12.0 Å². The zero-order valence-electron chi connectivity index (χ0n) is 12.2. The molecule has 0 aromatic carbocycles. The molecule has 0 spiro atoms. The molecule has 0 aliphatic carbocycles. The predicted molar refractivity (Wildman–Crippen MR) is 79.5 cm³/mol. The third-order valence-electron chi connectivity index (χ3n) is 3.56. The van der Waals surface area contributed by atoms with Crippen molar-refractivity contribution in [1.29, 1.82) is 0 Å². The lowest BCUT2D eigenvalue weighted by molar-refractivity contribution is -0.143. The highest BCUT2D eigenvalue weighted by Crippen LogP contribution is 2.18. The van der Waals surface area contributed by atoms with E-state index < -0.39 is 11.9 Å². The maximum absolute atomic E-state index is 12.1. The summed E-state index contributed by atoms with van der Waals surface area (Å²) in [5, 5.41) is 11.7. The van der Waals surface area contributed by atoms with Crippen LogP contribution in [0, 0.1) is 5.92 Å². The van der Waals surface area contributed by atoms with Crippen LogP contribution in [0.2, 0.25) is 0 Å². The molecule has 2 heterocycles. The lowest BCUT2D eigenvalue weighted by Gasteiger charge is -2.30. The number of carbonyl (C=O) groups is 2.